The average Bonchev–Trinajstić information content (AvgIpc) is 3.48. The summed E-state index contributed by atoms with van der Waals surface area (Å²) in [6.45, 7) is 4.09. The van der Waals surface area contributed by atoms with E-state index in [1.54, 1.807) is 7.11 Å². The fourth-order valence-electron chi connectivity index (χ4n) is 6.49. The quantitative estimate of drug-likeness (QED) is 0.171. The molecule has 9 heteroatoms. The lowest BCUT2D eigenvalue weighted by molar-refractivity contribution is 0.0235. The molecule has 230 valence electrons. The second-order valence-electron chi connectivity index (χ2n) is 11.3. The molecule has 0 aliphatic carbocycles. The molecule has 1 atom stereocenters. The van der Waals surface area contributed by atoms with Crippen molar-refractivity contribution in [2.75, 3.05) is 26.9 Å². The van der Waals surface area contributed by atoms with Gasteiger partial charge in [-0.3, -0.25) is 4.68 Å². The number of carbonyl (C=O) groups is 1. The number of ether oxygens (including phenoxy) is 3. The molecule has 0 radical (unpaired) electrons. The average molecular weight is 616 g/mol. The summed E-state index contributed by atoms with van der Waals surface area (Å²) < 4.78 is 21.8. The number of halogens is 1. The highest BCUT2D eigenvalue weighted by Gasteiger charge is 2.31. The first-order valence-corrected chi connectivity index (χ1v) is 15.6. The normalized spacial score (nSPS) is 15.3. The van der Waals surface area contributed by atoms with Gasteiger partial charge in [0.1, 0.15) is 17.5 Å². The number of fused-ring (bicyclic) bond motifs is 3. The van der Waals surface area contributed by atoms with E-state index in [-0.39, 0.29) is 6.10 Å². The molecule has 8 nitrogen and oxygen atoms in total. The van der Waals surface area contributed by atoms with Crippen LogP contribution in [-0.2, 0) is 29.5 Å². The molecule has 44 heavy (non-hydrogen) atoms. The second-order valence-corrected chi connectivity index (χ2v) is 11.8. The van der Waals surface area contributed by atoms with Crippen LogP contribution in [0.2, 0.25) is 5.02 Å². The van der Waals surface area contributed by atoms with Crippen LogP contribution in [0.15, 0.2) is 54.6 Å². The minimum Gasteiger partial charge on any atom is -0.493 e. The van der Waals surface area contributed by atoms with E-state index in [1.807, 2.05) is 59.6 Å². The molecule has 1 aliphatic heterocycles. The van der Waals surface area contributed by atoms with Crippen molar-refractivity contribution in [3.63, 3.8) is 0 Å². The van der Waals surface area contributed by atoms with Crippen LogP contribution in [0.4, 0.5) is 0 Å². The summed E-state index contributed by atoms with van der Waals surface area (Å²) in [5.74, 6) is -0.113. The van der Waals surface area contributed by atoms with E-state index in [0.29, 0.717) is 56.3 Å². The number of hydrogen-bond acceptors (Lipinski definition) is 5. The Bertz CT molecular complexity index is 1820. The fourth-order valence-corrected chi connectivity index (χ4v) is 6.74. The molecule has 2 aromatic heterocycles. The van der Waals surface area contributed by atoms with Crippen molar-refractivity contribution in [1.29, 1.82) is 0 Å². The Balaban J connectivity index is 1.44. The van der Waals surface area contributed by atoms with E-state index < -0.39 is 5.97 Å². The lowest BCUT2D eigenvalue weighted by atomic mass is 9.96. The summed E-state index contributed by atoms with van der Waals surface area (Å²) in [5, 5.41) is 19.2. The highest BCUT2D eigenvalue weighted by atomic mass is 35.5. The minimum atomic E-state index is -0.944. The van der Waals surface area contributed by atoms with Gasteiger partial charge in [-0.05, 0) is 55.7 Å². The molecule has 1 unspecified atom stereocenters. The first-order valence-electron chi connectivity index (χ1n) is 15.2. The van der Waals surface area contributed by atoms with Crippen LogP contribution >= 0.6 is 11.6 Å². The van der Waals surface area contributed by atoms with E-state index in [1.165, 1.54) is 0 Å². The molecule has 3 heterocycles. The van der Waals surface area contributed by atoms with Crippen LogP contribution in [0.1, 0.15) is 59.2 Å². The minimum absolute atomic E-state index is 0.276. The maximum absolute atomic E-state index is 13.0. The molecule has 0 fully saturated rings. The number of methoxy groups -OCH3 is 1. The van der Waals surface area contributed by atoms with Crippen molar-refractivity contribution in [2.24, 2.45) is 7.05 Å². The van der Waals surface area contributed by atoms with Crippen molar-refractivity contribution in [3.8, 4) is 16.9 Å². The standard InChI is InChI=1S/C35H38ClN3O5/c1-22-30-31-27(36)16-15-26-25(13-9-20-43-28-14-8-11-23-10-4-5-12-24(23)28)34(35(40)41)39(33(26)31)18-6-7-19-44-29(17-21-42-3)32(30)37-38(22)2/h4-5,8,10-12,14-16,29H,6-7,9,13,17-21H2,1-3H3,(H,40,41). The summed E-state index contributed by atoms with van der Waals surface area (Å²) in [4.78, 5) is 13.0. The number of rotatable bonds is 9. The monoisotopic (exact) mass is 615 g/mol. The molecule has 0 bridgehead atoms. The van der Waals surface area contributed by atoms with E-state index in [2.05, 4.69) is 18.2 Å². The van der Waals surface area contributed by atoms with Crippen molar-refractivity contribution in [1.82, 2.24) is 14.3 Å². The van der Waals surface area contributed by atoms with Gasteiger partial charge in [-0.25, -0.2) is 4.79 Å². The zero-order valence-corrected chi connectivity index (χ0v) is 26.2. The van der Waals surface area contributed by atoms with E-state index in [4.69, 9.17) is 30.9 Å². The number of carboxylic acids is 1. The Morgan fingerprint density at radius 2 is 1.89 bits per heavy atom. The summed E-state index contributed by atoms with van der Waals surface area (Å²) in [6.07, 6.45) is 3.13. The number of nitrogens with zero attached hydrogens (tertiary/aromatic N) is 3. The Morgan fingerprint density at radius 3 is 2.70 bits per heavy atom. The van der Waals surface area contributed by atoms with E-state index >= 15 is 0 Å². The number of aryl methyl sites for hydroxylation is 3. The van der Waals surface area contributed by atoms with Crippen molar-refractivity contribution < 1.29 is 24.1 Å². The number of benzene rings is 3. The maximum atomic E-state index is 13.0. The van der Waals surface area contributed by atoms with Gasteiger partial charge in [0.2, 0.25) is 0 Å². The van der Waals surface area contributed by atoms with Crippen LogP contribution in [0, 0.1) is 6.92 Å². The third-order valence-electron chi connectivity index (χ3n) is 8.65. The highest BCUT2D eigenvalue weighted by molar-refractivity contribution is 6.35. The van der Waals surface area contributed by atoms with Gasteiger partial charge in [-0.2, -0.15) is 5.10 Å². The van der Waals surface area contributed by atoms with Crippen LogP contribution in [0.25, 0.3) is 32.8 Å². The number of aromatic carboxylic acids is 1. The molecule has 1 aliphatic rings. The molecule has 5 aromatic rings. The predicted octanol–water partition coefficient (Wildman–Crippen LogP) is 7.75. The van der Waals surface area contributed by atoms with Crippen molar-refractivity contribution in [3.05, 3.63) is 82.3 Å². The van der Waals surface area contributed by atoms with E-state index in [9.17, 15) is 9.90 Å². The van der Waals surface area contributed by atoms with Crippen molar-refractivity contribution >= 4 is 39.2 Å². The van der Waals surface area contributed by atoms with Crippen LogP contribution in [0.5, 0.6) is 5.75 Å². The summed E-state index contributed by atoms with van der Waals surface area (Å²) in [7, 11) is 3.60. The van der Waals surface area contributed by atoms with Gasteiger partial charge in [-0.1, -0.05) is 54.1 Å². The van der Waals surface area contributed by atoms with Gasteiger partial charge >= 0.3 is 5.97 Å². The molecule has 3 aromatic carbocycles. The molecule has 1 N–H and O–H groups in total. The van der Waals surface area contributed by atoms with Gasteiger partial charge in [-0.15, -0.1) is 0 Å². The molecular formula is C35H38ClN3O5. The SMILES string of the molecule is COCCC1OCCCCn2c(C(=O)O)c(CCCOc3cccc4ccccc34)c3ccc(Cl)c(c32)-c2c1nn(C)c2C. The molecule has 6 rings (SSSR count). The summed E-state index contributed by atoms with van der Waals surface area (Å²) in [5.41, 5.74) is 5.39. The van der Waals surface area contributed by atoms with Crippen LogP contribution in [0.3, 0.4) is 0 Å². The van der Waals surface area contributed by atoms with Crippen molar-refractivity contribution in [2.45, 2.75) is 51.7 Å². The first kappa shape index (κ1) is 30.2. The van der Waals surface area contributed by atoms with Gasteiger partial charge in [0.15, 0.2) is 0 Å². The molecular weight excluding hydrogens is 578 g/mol. The maximum Gasteiger partial charge on any atom is 0.352 e. The third kappa shape index (κ3) is 5.58. The molecule has 0 saturated carbocycles. The van der Waals surface area contributed by atoms with Gasteiger partial charge in [0, 0.05) is 67.9 Å². The number of aromatic nitrogens is 3. The zero-order valence-electron chi connectivity index (χ0n) is 25.4. The molecule has 0 saturated heterocycles. The first-order chi connectivity index (χ1) is 21.4. The Labute approximate surface area is 262 Å². The second kappa shape index (κ2) is 13.0. The lowest BCUT2D eigenvalue weighted by Crippen LogP contribution is -2.12. The van der Waals surface area contributed by atoms with Gasteiger partial charge in [0.25, 0.3) is 0 Å². The highest BCUT2D eigenvalue weighted by Crippen LogP contribution is 2.44. The number of hydrogen-bond donors (Lipinski definition) is 1. The smallest absolute Gasteiger partial charge is 0.352 e. The largest absolute Gasteiger partial charge is 0.493 e. The third-order valence-corrected chi connectivity index (χ3v) is 8.97. The Hall–Kier alpha value is -3.85. The predicted molar refractivity (Wildman–Crippen MR) is 173 cm³/mol. The van der Waals surface area contributed by atoms with Crippen LogP contribution in [-0.4, -0.2) is 52.4 Å². The fraction of sp³-hybridized carbons (Fsp3) is 0.371. The number of carboxylic acid groups (broad SMARTS) is 1. The molecule has 0 amide bonds. The lowest BCUT2D eigenvalue weighted by Gasteiger charge is -2.18. The van der Waals surface area contributed by atoms with Gasteiger partial charge in [0.05, 0.1) is 22.8 Å². The molecule has 0 spiro atoms. The summed E-state index contributed by atoms with van der Waals surface area (Å²) in [6, 6.07) is 18.0. The van der Waals surface area contributed by atoms with Gasteiger partial charge < -0.3 is 23.9 Å². The Morgan fingerprint density at radius 1 is 1.07 bits per heavy atom. The Kier molecular flexibility index (Phi) is 8.93. The topological polar surface area (TPSA) is 87.7 Å². The summed E-state index contributed by atoms with van der Waals surface area (Å²) >= 11 is 7.03. The van der Waals surface area contributed by atoms with E-state index in [0.717, 1.165) is 68.3 Å². The zero-order chi connectivity index (χ0) is 30.8. The van der Waals surface area contributed by atoms with Crippen LogP contribution < -0.4 is 4.74 Å².